The van der Waals surface area contributed by atoms with Gasteiger partial charge in [0.05, 0.1) is 6.61 Å². The van der Waals surface area contributed by atoms with Crippen molar-refractivity contribution < 1.29 is 4.74 Å². The Hall–Kier alpha value is -1.32. The second kappa shape index (κ2) is 5.84. The smallest absolute Gasteiger partial charge is 0.218 e. The van der Waals surface area contributed by atoms with E-state index in [0.717, 1.165) is 24.7 Å². The summed E-state index contributed by atoms with van der Waals surface area (Å²) in [5, 5.41) is 3.04. The van der Waals surface area contributed by atoms with Gasteiger partial charge in [0.2, 0.25) is 5.88 Å². The average molecular weight is 235 g/mol. The minimum absolute atomic E-state index is 0.702. The quantitative estimate of drug-likeness (QED) is 0.852. The van der Waals surface area contributed by atoms with Crippen molar-refractivity contribution in [3.8, 4) is 5.88 Å². The third-order valence-electron chi connectivity index (χ3n) is 3.26. The molecular formula is C13H21N3O. The first kappa shape index (κ1) is 12.1. The molecule has 1 aliphatic rings. The first-order valence-electron chi connectivity index (χ1n) is 6.50. The third kappa shape index (κ3) is 3.32. The van der Waals surface area contributed by atoms with Crippen LogP contribution in [0.15, 0.2) is 6.07 Å². The van der Waals surface area contributed by atoms with E-state index in [1.807, 2.05) is 13.1 Å². The van der Waals surface area contributed by atoms with Crippen LogP contribution < -0.4 is 10.1 Å². The largest absolute Gasteiger partial charge is 0.477 e. The molecule has 4 heteroatoms. The van der Waals surface area contributed by atoms with Gasteiger partial charge < -0.3 is 10.1 Å². The topological polar surface area (TPSA) is 47.0 Å². The zero-order chi connectivity index (χ0) is 12.1. The molecule has 2 rings (SSSR count). The van der Waals surface area contributed by atoms with Crippen LogP contribution in [0.2, 0.25) is 0 Å². The van der Waals surface area contributed by atoms with E-state index in [1.165, 1.54) is 25.7 Å². The van der Waals surface area contributed by atoms with Crippen LogP contribution in [0, 0.1) is 5.92 Å². The molecule has 1 aliphatic carbocycles. The van der Waals surface area contributed by atoms with Crippen LogP contribution in [-0.2, 0) is 6.42 Å². The van der Waals surface area contributed by atoms with E-state index in [4.69, 9.17) is 4.74 Å². The summed E-state index contributed by atoms with van der Waals surface area (Å²) in [6.45, 7) is 2.85. The Kier molecular flexibility index (Phi) is 4.18. The number of aromatic nitrogens is 2. The summed E-state index contributed by atoms with van der Waals surface area (Å²) in [5.74, 6) is 3.08. The summed E-state index contributed by atoms with van der Waals surface area (Å²) >= 11 is 0. The molecule has 1 aromatic rings. The van der Waals surface area contributed by atoms with Crippen molar-refractivity contribution in [2.24, 2.45) is 5.92 Å². The molecule has 94 valence electrons. The highest BCUT2D eigenvalue weighted by molar-refractivity contribution is 5.37. The van der Waals surface area contributed by atoms with Crippen LogP contribution in [0.3, 0.4) is 0 Å². The summed E-state index contributed by atoms with van der Waals surface area (Å²) in [4.78, 5) is 8.74. The molecule has 17 heavy (non-hydrogen) atoms. The van der Waals surface area contributed by atoms with E-state index >= 15 is 0 Å². The lowest BCUT2D eigenvalue weighted by molar-refractivity contribution is 0.242. The van der Waals surface area contributed by atoms with Crippen molar-refractivity contribution in [1.29, 1.82) is 0 Å². The van der Waals surface area contributed by atoms with Gasteiger partial charge in [-0.3, -0.25) is 0 Å². The first-order valence-corrected chi connectivity index (χ1v) is 6.50. The molecule has 0 aromatic carbocycles. The number of rotatable bonds is 5. The van der Waals surface area contributed by atoms with Crippen LogP contribution >= 0.6 is 0 Å². The summed E-state index contributed by atoms with van der Waals surface area (Å²) in [5.41, 5.74) is 0. The van der Waals surface area contributed by atoms with Crippen molar-refractivity contribution in [3.05, 3.63) is 11.9 Å². The normalized spacial score (nSPS) is 16.1. The Balaban J connectivity index is 1.98. The van der Waals surface area contributed by atoms with E-state index in [2.05, 4.69) is 22.2 Å². The number of anilines is 1. The Bertz CT molecular complexity index is 339. The van der Waals surface area contributed by atoms with Gasteiger partial charge in [-0.25, -0.2) is 4.98 Å². The SMILES string of the molecule is CCc1nc(NC)cc(OCC2CCCC2)n1. The predicted molar refractivity (Wildman–Crippen MR) is 68.4 cm³/mol. The van der Waals surface area contributed by atoms with Gasteiger partial charge in [0.25, 0.3) is 0 Å². The number of ether oxygens (including phenoxy) is 1. The van der Waals surface area contributed by atoms with Gasteiger partial charge in [-0.2, -0.15) is 4.98 Å². The van der Waals surface area contributed by atoms with Gasteiger partial charge in [-0.1, -0.05) is 19.8 Å². The number of hydrogen-bond acceptors (Lipinski definition) is 4. The van der Waals surface area contributed by atoms with Crippen LogP contribution in [-0.4, -0.2) is 23.6 Å². The van der Waals surface area contributed by atoms with E-state index in [0.29, 0.717) is 11.8 Å². The van der Waals surface area contributed by atoms with Gasteiger partial charge in [-0.05, 0) is 18.8 Å². The first-order chi connectivity index (χ1) is 8.31. The van der Waals surface area contributed by atoms with E-state index in [9.17, 15) is 0 Å². The molecule has 1 heterocycles. The predicted octanol–water partition coefficient (Wildman–Crippen LogP) is 2.65. The highest BCUT2D eigenvalue weighted by Crippen LogP contribution is 2.25. The van der Waals surface area contributed by atoms with Crippen LogP contribution in [0.1, 0.15) is 38.4 Å². The van der Waals surface area contributed by atoms with Crippen LogP contribution in [0.4, 0.5) is 5.82 Å². The lowest BCUT2D eigenvalue weighted by atomic mass is 10.1. The zero-order valence-electron chi connectivity index (χ0n) is 10.7. The molecule has 0 bridgehead atoms. The molecule has 0 amide bonds. The van der Waals surface area contributed by atoms with E-state index in [1.54, 1.807) is 0 Å². The van der Waals surface area contributed by atoms with Crippen molar-refractivity contribution in [2.75, 3.05) is 19.0 Å². The second-order valence-electron chi connectivity index (χ2n) is 4.57. The molecule has 1 saturated carbocycles. The van der Waals surface area contributed by atoms with Crippen LogP contribution in [0.25, 0.3) is 0 Å². The van der Waals surface area contributed by atoms with Crippen molar-refractivity contribution in [2.45, 2.75) is 39.0 Å². The molecule has 1 aromatic heterocycles. The molecule has 0 spiro atoms. The Labute approximate surface area is 103 Å². The molecule has 0 aliphatic heterocycles. The van der Waals surface area contributed by atoms with Crippen molar-refractivity contribution >= 4 is 5.82 Å². The van der Waals surface area contributed by atoms with Crippen molar-refractivity contribution in [3.63, 3.8) is 0 Å². The lowest BCUT2D eigenvalue weighted by Crippen LogP contribution is -2.10. The highest BCUT2D eigenvalue weighted by atomic mass is 16.5. The highest BCUT2D eigenvalue weighted by Gasteiger charge is 2.16. The summed E-state index contributed by atoms with van der Waals surface area (Å²) < 4.78 is 5.78. The van der Waals surface area contributed by atoms with Gasteiger partial charge >= 0.3 is 0 Å². The van der Waals surface area contributed by atoms with E-state index < -0.39 is 0 Å². The molecule has 1 N–H and O–H groups in total. The average Bonchev–Trinajstić information content (AvgIpc) is 2.89. The number of nitrogens with zero attached hydrogens (tertiary/aromatic N) is 2. The fraction of sp³-hybridized carbons (Fsp3) is 0.692. The monoisotopic (exact) mass is 235 g/mol. The van der Waals surface area contributed by atoms with Crippen molar-refractivity contribution in [1.82, 2.24) is 9.97 Å². The molecule has 0 saturated heterocycles. The summed E-state index contributed by atoms with van der Waals surface area (Å²) in [6, 6.07) is 1.87. The summed E-state index contributed by atoms with van der Waals surface area (Å²) in [7, 11) is 1.86. The fourth-order valence-corrected chi connectivity index (χ4v) is 2.21. The molecular weight excluding hydrogens is 214 g/mol. The second-order valence-corrected chi connectivity index (χ2v) is 4.57. The molecule has 0 unspecified atom stereocenters. The van der Waals surface area contributed by atoms with E-state index in [-0.39, 0.29) is 0 Å². The standard InChI is InChI=1S/C13H21N3O/c1-3-11-15-12(14-2)8-13(16-11)17-9-10-6-4-5-7-10/h8,10H,3-7,9H2,1-2H3,(H,14,15,16). The third-order valence-corrected chi connectivity index (χ3v) is 3.26. The minimum atomic E-state index is 0.702. The molecule has 1 fully saturated rings. The minimum Gasteiger partial charge on any atom is -0.477 e. The molecule has 4 nitrogen and oxygen atoms in total. The number of hydrogen-bond donors (Lipinski definition) is 1. The maximum Gasteiger partial charge on any atom is 0.218 e. The Morgan fingerprint density at radius 2 is 2.12 bits per heavy atom. The Morgan fingerprint density at radius 3 is 2.76 bits per heavy atom. The Morgan fingerprint density at radius 1 is 1.35 bits per heavy atom. The van der Waals surface area contributed by atoms with Gasteiger partial charge in [0.1, 0.15) is 11.6 Å². The fourth-order valence-electron chi connectivity index (χ4n) is 2.21. The number of aryl methyl sites for hydroxylation is 1. The maximum atomic E-state index is 5.78. The van der Waals surface area contributed by atoms with Crippen LogP contribution in [0.5, 0.6) is 5.88 Å². The molecule has 0 radical (unpaired) electrons. The maximum absolute atomic E-state index is 5.78. The van der Waals surface area contributed by atoms with Gasteiger partial charge in [-0.15, -0.1) is 0 Å². The van der Waals surface area contributed by atoms with Gasteiger partial charge in [0, 0.05) is 19.5 Å². The zero-order valence-corrected chi connectivity index (χ0v) is 10.7. The summed E-state index contributed by atoms with van der Waals surface area (Å²) in [6.07, 6.45) is 6.12. The molecule has 0 atom stereocenters. The lowest BCUT2D eigenvalue weighted by Gasteiger charge is -2.12. The number of nitrogens with one attached hydrogen (secondary N) is 1. The van der Waals surface area contributed by atoms with Gasteiger partial charge in [0.15, 0.2) is 0 Å².